The van der Waals surface area contributed by atoms with E-state index in [0.29, 0.717) is 5.69 Å². The van der Waals surface area contributed by atoms with Crippen LogP contribution in [0.5, 0.6) is 0 Å². The first kappa shape index (κ1) is 13.0. The number of amides is 1. The van der Waals surface area contributed by atoms with Gasteiger partial charge in [-0.05, 0) is 11.5 Å². The maximum atomic E-state index is 11.9. The van der Waals surface area contributed by atoms with Crippen LogP contribution in [0.25, 0.3) is 10.8 Å². The third-order valence-electron chi connectivity index (χ3n) is 2.99. The standard InChI is InChI=1S/C14H14N2O3/c1-16(13(17)12(15)14(18)19)11-8-4-6-9-5-2-3-7-10(9)11/h2-8,12H,15H2,1H3,(H,18,19). The Balaban J connectivity index is 2.44. The Morgan fingerprint density at radius 1 is 1.16 bits per heavy atom. The van der Waals surface area contributed by atoms with E-state index in [4.69, 9.17) is 10.8 Å². The molecule has 1 amide bonds. The van der Waals surface area contributed by atoms with Crippen LogP contribution >= 0.6 is 0 Å². The third kappa shape index (κ3) is 2.41. The number of aliphatic carboxylic acids is 1. The van der Waals surface area contributed by atoms with Gasteiger partial charge in [0.2, 0.25) is 0 Å². The molecule has 0 fully saturated rings. The number of hydrogen-bond acceptors (Lipinski definition) is 3. The zero-order chi connectivity index (χ0) is 14.0. The number of fused-ring (bicyclic) bond motifs is 1. The molecular formula is C14H14N2O3. The zero-order valence-corrected chi connectivity index (χ0v) is 10.4. The molecule has 5 nitrogen and oxygen atoms in total. The van der Waals surface area contributed by atoms with Crippen molar-refractivity contribution in [3.63, 3.8) is 0 Å². The molecule has 1 atom stereocenters. The zero-order valence-electron chi connectivity index (χ0n) is 10.4. The Hall–Kier alpha value is -2.40. The summed E-state index contributed by atoms with van der Waals surface area (Å²) >= 11 is 0. The minimum absolute atomic E-state index is 0.639. The fraction of sp³-hybridized carbons (Fsp3) is 0.143. The molecule has 0 spiro atoms. The van der Waals surface area contributed by atoms with E-state index in [2.05, 4.69) is 0 Å². The summed E-state index contributed by atoms with van der Waals surface area (Å²) < 4.78 is 0. The van der Waals surface area contributed by atoms with E-state index >= 15 is 0 Å². The first-order chi connectivity index (χ1) is 9.02. The highest BCUT2D eigenvalue weighted by Crippen LogP contribution is 2.26. The fourth-order valence-corrected chi connectivity index (χ4v) is 1.93. The van der Waals surface area contributed by atoms with Gasteiger partial charge in [-0.15, -0.1) is 0 Å². The average molecular weight is 258 g/mol. The van der Waals surface area contributed by atoms with Gasteiger partial charge < -0.3 is 15.7 Å². The number of likely N-dealkylation sites (N-methyl/N-ethyl adjacent to an activating group) is 1. The van der Waals surface area contributed by atoms with Crippen molar-refractivity contribution < 1.29 is 14.7 Å². The van der Waals surface area contributed by atoms with Gasteiger partial charge in [-0.1, -0.05) is 36.4 Å². The molecule has 0 saturated carbocycles. The monoisotopic (exact) mass is 258 g/mol. The van der Waals surface area contributed by atoms with Gasteiger partial charge >= 0.3 is 5.97 Å². The Kier molecular flexibility index (Phi) is 3.48. The quantitative estimate of drug-likeness (QED) is 0.811. The van der Waals surface area contributed by atoms with Gasteiger partial charge in [0.05, 0.1) is 5.69 Å². The molecule has 0 bridgehead atoms. The smallest absolute Gasteiger partial charge is 0.330 e. The lowest BCUT2D eigenvalue weighted by Gasteiger charge is -2.21. The molecule has 2 aromatic rings. The molecule has 19 heavy (non-hydrogen) atoms. The van der Waals surface area contributed by atoms with Gasteiger partial charge in [-0.3, -0.25) is 4.79 Å². The minimum Gasteiger partial charge on any atom is -0.480 e. The van der Waals surface area contributed by atoms with Crippen molar-refractivity contribution in [3.8, 4) is 0 Å². The number of carboxylic acids is 1. The summed E-state index contributed by atoms with van der Waals surface area (Å²) in [7, 11) is 1.52. The lowest BCUT2D eigenvalue weighted by atomic mass is 10.1. The first-order valence-electron chi connectivity index (χ1n) is 5.76. The third-order valence-corrected chi connectivity index (χ3v) is 2.99. The Morgan fingerprint density at radius 3 is 2.47 bits per heavy atom. The van der Waals surface area contributed by atoms with E-state index in [1.54, 1.807) is 6.07 Å². The predicted molar refractivity (Wildman–Crippen MR) is 73.0 cm³/mol. The van der Waals surface area contributed by atoms with Crippen LogP contribution in [0.3, 0.4) is 0 Å². The predicted octanol–water partition coefficient (Wildman–Crippen LogP) is 1.21. The SMILES string of the molecule is CN(C(=O)C(N)C(=O)O)c1cccc2ccccc12. The van der Waals surface area contributed by atoms with Gasteiger partial charge in [-0.2, -0.15) is 0 Å². The van der Waals surface area contributed by atoms with Crippen molar-refractivity contribution in [2.45, 2.75) is 6.04 Å². The topological polar surface area (TPSA) is 83.6 Å². The highest BCUT2D eigenvalue weighted by atomic mass is 16.4. The molecule has 0 aliphatic heterocycles. The molecule has 2 rings (SSSR count). The number of nitrogens with zero attached hydrogens (tertiary/aromatic N) is 1. The van der Waals surface area contributed by atoms with Gasteiger partial charge in [0, 0.05) is 12.4 Å². The average Bonchev–Trinajstić information content (AvgIpc) is 2.44. The molecule has 0 saturated heterocycles. The summed E-state index contributed by atoms with van der Waals surface area (Å²) in [6.07, 6.45) is 0. The van der Waals surface area contributed by atoms with Crippen LogP contribution in [0.2, 0.25) is 0 Å². The molecular weight excluding hydrogens is 244 g/mol. The second-order valence-electron chi connectivity index (χ2n) is 4.21. The lowest BCUT2D eigenvalue weighted by Crippen LogP contribution is -2.46. The number of carbonyl (C=O) groups excluding carboxylic acids is 1. The van der Waals surface area contributed by atoms with Crippen molar-refractivity contribution in [1.29, 1.82) is 0 Å². The van der Waals surface area contributed by atoms with Crippen molar-refractivity contribution in [2.24, 2.45) is 5.73 Å². The fourth-order valence-electron chi connectivity index (χ4n) is 1.93. The maximum absolute atomic E-state index is 11.9. The number of carboxylic acid groups (broad SMARTS) is 1. The Morgan fingerprint density at radius 2 is 1.79 bits per heavy atom. The van der Waals surface area contributed by atoms with Crippen molar-refractivity contribution in [1.82, 2.24) is 0 Å². The molecule has 0 heterocycles. The molecule has 0 aromatic heterocycles. The Labute approximate surface area is 110 Å². The molecule has 5 heteroatoms. The molecule has 98 valence electrons. The molecule has 0 aliphatic carbocycles. The van der Waals surface area contributed by atoms with E-state index in [1.165, 1.54) is 11.9 Å². The van der Waals surface area contributed by atoms with Crippen LogP contribution in [0.4, 0.5) is 5.69 Å². The molecule has 3 N–H and O–H groups in total. The van der Waals surface area contributed by atoms with Gasteiger partial charge in [0.1, 0.15) is 0 Å². The summed E-state index contributed by atoms with van der Waals surface area (Å²) in [4.78, 5) is 24.0. The summed E-state index contributed by atoms with van der Waals surface area (Å²) in [6.45, 7) is 0. The van der Waals surface area contributed by atoms with E-state index in [0.717, 1.165) is 10.8 Å². The van der Waals surface area contributed by atoms with E-state index in [-0.39, 0.29) is 0 Å². The largest absolute Gasteiger partial charge is 0.480 e. The minimum atomic E-state index is -1.55. The number of benzene rings is 2. The number of rotatable bonds is 3. The first-order valence-corrected chi connectivity index (χ1v) is 5.76. The van der Waals surface area contributed by atoms with Crippen LogP contribution in [-0.2, 0) is 9.59 Å². The van der Waals surface area contributed by atoms with Gasteiger partial charge in [0.15, 0.2) is 6.04 Å². The number of hydrogen-bond donors (Lipinski definition) is 2. The van der Waals surface area contributed by atoms with Crippen molar-refractivity contribution in [2.75, 3.05) is 11.9 Å². The van der Waals surface area contributed by atoms with E-state index in [1.807, 2.05) is 36.4 Å². The van der Waals surface area contributed by atoms with Crippen LogP contribution in [-0.4, -0.2) is 30.1 Å². The summed E-state index contributed by atoms with van der Waals surface area (Å²) in [5.41, 5.74) is 5.99. The maximum Gasteiger partial charge on any atom is 0.330 e. The Bertz CT molecular complexity index is 634. The second kappa shape index (κ2) is 5.07. The highest BCUT2D eigenvalue weighted by Gasteiger charge is 2.26. The second-order valence-corrected chi connectivity index (χ2v) is 4.21. The number of nitrogens with two attached hydrogens (primary N) is 1. The van der Waals surface area contributed by atoms with E-state index in [9.17, 15) is 9.59 Å². The summed E-state index contributed by atoms with van der Waals surface area (Å²) in [6, 6.07) is 11.5. The van der Waals surface area contributed by atoms with E-state index < -0.39 is 17.9 Å². The van der Waals surface area contributed by atoms with Crippen LogP contribution in [0.1, 0.15) is 0 Å². The van der Waals surface area contributed by atoms with Crippen LogP contribution in [0, 0.1) is 0 Å². The molecule has 0 radical (unpaired) electrons. The van der Waals surface area contributed by atoms with Gasteiger partial charge in [0.25, 0.3) is 5.91 Å². The van der Waals surface area contributed by atoms with Crippen LogP contribution in [0.15, 0.2) is 42.5 Å². The van der Waals surface area contributed by atoms with Crippen LogP contribution < -0.4 is 10.6 Å². The van der Waals surface area contributed by atoms with Crippen molar-refractivity contribution in [3.05, 3.63) is 42.5 Å². The van der Waals surface area contributed by atoms with Crippen molar-refractivity contribution >= 4 is 28.3 Å². The molecule has 1 unspecified atom stereocenters. The number of carbonyl (C=O) groups is 2. The van der Waals surface area contributed by atoms with Gasteiger partial charge in [-0.25, -0.2) is 4.79 Å². The normalized spacial score (nSPS) is 12.1. The summed E-state index contributed by atoms with van der Waals surface area (Å²) in [5, 5.41) is 10.6. The molecule has 2 aromatic carbocycles. The molecule has 0 aliphatic rings. The highest BCUT2D eigenvalue weighted by molar-refractivity contribution is 6.11. The lowest BCUT2D eigenvalue weighted by molar-refractivity contribution is -0.142. The summed E-state index contributed by atoms with van der Waals surface area (Å²) in [5.74, 6) is -1.99. The number of anilines is 1.